The summed E-state index contributed by atoms with van der Waals surface area (Å²) in [7, 11) is 3.80. The molecule has 0 aliphatic carbocycles. The maximum Gasteiger partial charge on any atom is 0.460 e. The van der Waals surface area contributed by atoms with Crippen molar-refractivity contribution in [2.24, 2.45) is 0 Å². The van der Waals surface area contributed by atoms with Gasteiger partial charge in [0.2, 0.25) is 0 Å². The molecule has 0 heterocycles. The summed E-state index contributed by atoms with van der Waals surface area (Å²) in [6.07, 6.45) is -11.3. The fraction of sp³-hybridized carbons (Fsp3) is 1.00. The maximum atomic E-state index is 13.6. The Balaban J connectivity index is 6.41. The zero-order chi connectivity index (χ0) is 26.6. The Morgan fingerprint density at radius 1 is 0.438 bits per heavy atom. The van der Waals surface area contributed by atoms with Crippen LogP contribution < -0.4 is 0 Å². The summed E-state index contributed by atoms with van der Waals surface area (Å²) in [5.74, 6) is -55.8. The van der Waals surface area contributed by atoms with E-state index in [0.717, 1.165) is 0 Å². The smallest absolute Gasteiger partial charge is 0.331 e. The summed E-state index contributed by atoms with van der Waals surface area (Å²) in [5.41, 5.74) is 0. The van der Waals surface area contributed by atoms with Gasteiger partial charge in [0.05, 0.1) is 27.7 Å². The molecule has 0 aliphatic heterocycles. The van der Waals surface area contributed by atoms with Crippen LogP contribution in [0.4, 0.5) is 74.6 Å². The predicted octanol–water partition coefficient (Wildman–Crippen LogP) is 6.48. The normalized spacial score (nSPS) is 16.5. The first-order chi connectivity index (χ1) is 13.5. The highest BCUT2D eigenvalue weighted by atomic mass is 19.4. The Bertz CT molecular complexity index is 655. The molecule has 0 aromatic carbocycles. The standard InChI is InChI=1S/C14H15F17N/c1-32(2,3)6-4-5-7(15,16)8(17,18)9(19,20)10(21,22)11(23,24)12(25,26)13(27,28)14(29,30)31/h4-6H2,1-3H3/q+1. The first kappa shape index (κ1) is 30.8. The second-order valence-electron chi connectivity index (χ2n) is 7.77. The number of halogens is 17. The van der Waals surface area contributed by atoms with Crippen molar-refractivity contribution in [3.05, 3.63) is 0 Å². The molecular formula is C14H15F17N+. The largest absolute Gasteiger partial charge is 0.460 e. The lowest BCUT2D eigenvalue weighted by Gasteiger charge is -2.42. The van der Waals surface area contributed by atoms with E-state index in [-0.39, 0.29) is 4.48 Å². The van der Waals surface area contributed by atoms with E-state index in [1.54, 1.807) is 0 Å². The van der Waals surface area contributed by atoms with E-state index in [0.29, 0.717) is 0 Å². The molecule has 194 valence electrons. The van der Waals surface area contributed by atoms with Gasteiger partial charge in [-0.3, -0.25) is 0 Å². The zero-order valence-corrected chi connectivity index (χ0v) is 16.0. The highest BCUT2D eigenvalue weighted by Gasteiger charge is 2.95. The van der Waals surface area contributed by atoms with Crippen molar-refractivity contribution < 1.29 is 79.1 Å². The van der Waals surface area contributed by atoms with Crippen LogP contribution in [0.5, 0.6) is 0 Å². The molecule has 0 spiro atoms. The van der Waals surface area contributed by atoms with Gasteiger partial charge >= 0.3 is 47.6 Å². The summed E-state index contributed by atoms with van der Waals surface area (Å²) in [6.45, 7) is -0.500. The predicted molar refractivity (Wildman–Crippen MR) is 72.8 cm³/mol. The van der Waals surface area contributed by atoms with Gasteiger partial charge in [0, 0.05) is 12.8 Å². The number of hydrogen-bond acceptors (Lipinski definition) is 0. The molecule has 0 unspecified atom stereocenters. The van der Waals surface area contributed by atoms with Gasteiger partial charge in [0.15, 0.2) is 0 Å². The van der Waals surface area contributed by atoms with Crippen molar-refractivity contribution in [1.29, 1.82) is 0 Å². The summed E-state index contributed by atoms with van der Waals surface area (Å²) < 4.78 is 222. The lowest BCUT2D eigenvalue weighted by atomic mass is 9.88. The first-order valence-electron chi connectivity index (χ1n) is 7.97. The van der Waals surface area contributed by atoms with E-state index in [9.17, 15) is 74.6 Å². The zero-order valence-electron chi connectivity index (χ0n) is 16.0. The molecule has 0 atom stereocenters. The molecule has 0 rings (SSSR count). The lowest BCUT2D eigenvalue weighted by molar-refractivity contribution is -0.870. The van der Waals surface area contributed by atoms with E-state index >= 15 is 0 Å². The molecule has 18 heteroatoms. The summed E-state index contributed by atoms with van der Waals surface area (Å²) >= 11 is 0. The van der Waals surface area contributed by atoms with Crippen molar-refractivity contribution in [3.8, 4) is 0 Å². The number of hydrogen-bond donors (Lipinski definition) is 0. The van der Waals surface area contributed by atoms with E-state index in [4.69, 9.17) is 0 Å². The minimum absolute atomic E-state index is 0.273. The van der Waals surface area contributed by atoms with Gasteiger partial charge in [-0.1, -0.05) is 0 Å². The second kappa shape index (κ2) is 7.92. The number of nitrogens with zero attached hydrogens (tertiary/aromatic N) is 1. The van der Waals surface area contributed by atoms with Crippen molar-refractivity contribution in [3.63, 3.8) is 0 Å². The third-order valence-corrected chi connectivity index (χ3v) is 4.11. The van der Waals surface area contributed by atoms with Gasteiger partial charge in [-0.05, 0) is 0 Å². The Kier molecular flexibility index (Phi) is 7.62. The van der Waals surface area contributed by atoms with Gasteiger partial charge in [0.1, 0.15) is 0 Å². The van der Waals surface area contributed by atoms with Crippen molar-refractivity contribution in [1.82, 2.24) is 0 Å². The third kappa shape index (κ3) is 4.56. The molecule has 0 aromatic rings. The van der Waals surface area contributed by atoms with E-state index in [2.05, 4.69) is 0 Å². The summed E-state index contributed by atoms with van der Waals surface area (Å²) in [5, 5.41) is 0. The summed E-state index contributed by atoms with van der Waals surface area (Å²) in [6, 6.07) is 0. The van der Waals surface area contributed by atoms with Crippen LogP contribution in [0.15, 0.2) is 0 Å². The molecule has 0 aromatic heterocycles. The number of quaternary nitrogens is 1. The molecule has 0 saturated heterocycles. The summed E-state index contributed by atoms with van der Waals surface area (Å²) in [4.78, 5) is 0. The molecule has 1 nitrogen and oxygen atoms in total. The van der Waals surface area contributed by atoms with Crippen LogP contribution in [0, 0.1) is 0 Å². The first-order valence-corrected chi connectivity index (χ1v) is 7.97. The Hall–Kier alpha value is -1.23. The second-order valence-corrected chi connectivity index (χ2v) is 7.77. The van der Waals surface area contributed by atoms with Crippen LogP contribution in [0.25, 0.3) is 0 Å². The molecule has 0 aliphatic rings. The Morgan fingerprint density at radius 3 is 1.00 bits per heavy atom. The average molecular weight is 520 g/mol. The molecular weight excluding hydrogens is 505 g/mol. The fourth-order valence-corrected chi connectivity index (χ4v) is 2.13. The van der Waals surface area contributed by atoms with Crippen molar-refractivity contribution in [2.45, 2.75) is 60.5 Å². The topological polar surface area (TPSA) is 0 Å². The quantitative estimate of drug-likeness (QED) is 0.229. The van der Waals surface area contributed by atoms with Crippen LogP contribution in [0.3, 0.4) is 0 Å². The molecule has 0 bridgehead atoms. The minimum Gasteiger partial charge on any atom is -0.331 e. The van der Waals surface area contributed by atoms with Gasteiger partial charge in [0.25, 0.3) is 0 Å². The lowest BCUT2D eigenvalue weighted by Crippen LogP contribution is -2.74. The molecule has 32 heavy (non-hydrogen) atoms. The van der Waals surface area contributed by atoms with Gasteiger partial charge in [-0.25, -0.2) is 0 Å². The third-order valence-electron chi connectivity index (χ3n) is 4.11. The number of rotatable bonds is 10. The van der Waals surface area contributed by atoms with Crippen LogP contribution >= 0.6 is 0 Å². The van der Waals surface area contributed by atoms with Crippen LogP contribution in [0.1, 0.15) is 12.8 Å². The average Bonchev–Trinajstić information content (AvgIpc) is 2.50. The highest BCUT2D eigenvalue weighted by Crippen LogP contribution is 2.64. The molecule has 0 N–H and O–H groups in total. The number of alkyl halides is 17. The van der Waals surface area contributed by atoms with Gasteiger partial charge in [-0.2, -0.15) is 74.6 Å². The molecule has 0 saturated carbocycles. The van der Waals surface area contributed by atoms with Crippen LogP contribution in [-0.2, 0) is 0 Å². The van der Waals surface area contributed by atoms with Crippen molar-refractivity contribution in [2.75, 3.05) is 27.7 Å². The minimum atomic E-state index is -8.58. The van der Waals surface area contributed by atoms with E-state index < -0.39 is 67.0 Å². The van der Waals surface area contributed by atoms with Gasteiger partial charge < -0.3 is 4.48 Å². The van der Waals surface area contributed by atoms with Crippen molar-refractivity contribution >= 4 is 0 Å². The Labute approximate surface area is 168 Å². The molecule has 0 radical (unpaired) electrons. The SMILES string of the molecule is C[N+](C)(C)CCCC(F)(F)C(F)(F)C(F)(F)C(F)(F)C(F)(F)C(F)(F)C(F)(F)C(F)(F)F. The maximum absolute atomic E-state index is 13.6. The molecule has 0 amide bonds. The monoisotopic (exact) mass is 520 g/mol. The van der Waals surface area contributed by atoms with E-state index in [1.807, 2.05) is 0 Å². The highest BCUT2D eigenvalue weighted by molar-refractivity contribution is 5.15. The Morgan fingerprint density at radius 2 is 0.719 bits per heavy atom. The van der Waals surface area contributed by atoms with E-state index in [1.165, 1.54) is 21.1 Å². The van der Waals surface area contributed by atoms with Crippen LogP contribution in [-0.4, -0.2) is 79.8 Å². The fourth-order valence-electron chi connectivity index (χ4n) is 2.13. The van der Waals surface area contributed by atoms with Gasteiger partial charge in [-0.15, -0.1) is 0 Å². The van der Waals surface area contributed by atoms with Crippen LogP contribution in [0.2, 0.25) is 0 Å². The molecule has 0 fully saturated rings.